The Kier molecular flexibility index (Phi) is 8.96. The van der Waals surface area contributed by atoms with E-state index in [2.05, 4.69) is 15.0 Å². The Morgan fingerprint density at radius 2 is 1.23 bits per heavy atom. The highest BCUT2D eigenvalue weighted by atomic mass is 19.4. The fourth-order valence-electron chi connectivity index (χ4n) is 1.88. The van der Waals surface area contributed by atoms with Crippen molar-refractivity contribution in [2.75, 3.05) is 13.2 Å². The normalized spacial score (nSPS) is 15.5. The van der Waals surface area contributed by atoms with Crippen LogP contribution in [0.5, 0.6) is 0 Å². The zero-order valence-corrected chi connectivity index (χ0v) is 16.2. The predicted octanol–water partition coefficient (Wildman–Crippen LogP) is 3.98. The average molecular weight is 491 g/mol. The van der Waals surface area contributed by atoms with Crippen LogP contribution in [-0.2, 0) is 4.74 Å². The highest BCUT2D eigenvalue weighted by Gasteiger charge is 2.90. The maximum absolute atomic E-state index is 13.7. The molecule has 0 saturated carbocycles. The Hall–Kier alpha value is -1.64. The van der Waals surface area contributed by atoms with E-state index in [1.165, 1.54) is 13.8 Å². The Morgan fingerprint density at radius 1 is 0.774 bits per heavy atom. The summed E-state index contributed by atoms with van der Waals surface area (Å²) in [5.41, 5.74) is 0. The van der Waals surface area contributed by atoms with Crippen LogP contribution in [-0.4, -0.2) is 61.0 Å². The first kappa shape index (κ1) is 29.4. The van der Waals surface area contributed by atoms with Crippen molar-refractivity contribution in [2.24, 2.45) is 0 Å². The molecule has 0 unspecified atom stereocenters. The number of alkyl halides is 13. The number of rotatable bonds is 10. The van der Waals surface area contributed by atoms with E-state index in [-0.39, 0.29) is 12.6 Å². The minimum atomic E-state index is -7.90. The number of amidine groups is 1. The van der Waals surface area contributed by atoms with Crippen molar-refractivity contribution >= 4 is 6.02 Å². The number of hydrogen-bond acceptors (Lipinski definition) is 1. The molecule has 0 aliphatic heterocycles. The van der Waals surface area contributed by atoms with Gasteiger partial charge in [-0.25, -0.2) is 10.3 Å². The molecule has 0 aromatic heterocycles. The third-order valence-electron chi connectivity index (χ3n) is 3.62. The molecule has 31 heavy (non-hydrogen) atoms. The molecule has 0 radical (unpaired) electrons. The molecular weight excluding hydrogens is 471 g/mol. The third kappa shape index (κ3) is 5.79. The molecule has 0 bridgehead atoms. The fraction of sp³-hybridized carbons (Fsp3) is 0.933. The van der Waals surface area contributed by atoms with Crippen molar-refractivity contribution in [1.82, 2.24) is 5.32 Å². The van der Waals surface area contributed by atoms with Crippen LogP contribution in [0.25, 0.3) is 0 Å². The molecule has 0 aromatic rings. The maximum atomic E-state index is 13.7. The first-order valence-corrected chi connectivity index (χ1v) is 8.56. The second kappa shape index (κ2) is 9.46. The van der Waals surface area contributed by atoms with Gasteiger partial charge in [-0.1, -0.05) is 6.92 Å². The lowest BCUT2D eigenvalue weighted by Gasteiger charge is -2.39. The van der Waals surface area contributed by atoms with Crippen molar-refractivity contribution in [1.29, 1.82) is 0 Å². The van der Waals surface area contributed by atoms with Gasteiger partial charge < -0.3 is 4.74 Å². The summed E-state index contributed by atoms with van der Waals surface area (Å²) in [7, 11) is 0. The quantitative estimate of drug-likeness (QED) is 0.276. The molecule has 0 amide bonds. The van der Waals surface area contributed by atoms with Gasteiger partial charge in [-0.05, 0) is 20.3 Å². The van der Waals surface area contributed by atoms with Crippen LogP contribution in [0, 0.1) is 0 Å². The van der Waals surface area contributed by atoms with Gasteiger partial charge in [-0.2, -0.15) is 57.1 Å². The maximum Gasteiger partial charge on any atom is 0.460 e. The van der Waals surface area contributed by atoms with Crippen LogP contribution >= 0.6 is 0 Å². The van der Waals surface area contributed by atoms with Gasteiger partial charge in [-0.3, -0.25) is 0 Å². The Balaban J connectivity index is 5.72. The van der Waals surface area contributed by atoms with Crippen molar-refractivity contribution in [3.8, 4) is 0 Å². The molecule has 0 aromatic carbocycles. The van der Waals surface area contributed by atoms with E-state index in [1.807, 2.05) is 0 Å². The number of halogens is 13. The van der Waals surface area contributed by atoms with Crippen LogP contribution < -0.4 is 10.3 Å². The monoisotopic (exact) mass is 491 g/mol. The molecule has 0 atom stereocenters. The van der Waals surface area contributed by atoms with E-state index < -0.39 is 54.9 Å². The molecule has 2 N–H and O–H groups in total. The van der Waals surface area contributed by atoms with Gasteiger partial charge in [0.15, 0.2) is 0 Å². The first-order chi connectivity index (χ1) is 13.6. The van der Waals surface area contributed by atoms with Crippen molar-refractivity contribution in [2.45, 2.75) is 75.4 Å². The van der Waals surface area contributed by atoms with Crippen LogP contribution in [0.1, 0.15) is 33.6 Å². The molecule has 0 spiro atoms. The summed E-state index contributed by atoms with van der Waals surface area (Å²) in [6, 6.07) is -0.759. The molecular formula is C15H20F13N2O+. The lowest BCUT2D eigenvalue weighted by atomic mass is 9.93. The Morgan fingerprint density at radius 3 is 1.61 bits per heavy atom. The Bertz CT molecular complexity index is 615. The molecule has 0 rings (SSSR count). The molecule has 3 nitrogen and oxygen atoms in total. The second-order valence-electron chi connectivity index (χ2n) is 6.65. The van der Waals surface area contributed by atoms with E-state index in [0.717, 1.165) is 0 Å². The lowest BCUT2D eigenvalue weighted by Crippen LogP contribution is -2.77. The Labute approximate surface area is 168 Å². The molecule has 0 fully saturated rings. The molecule has 0 aliphatic carbocycles. The van der Waals surface area contributed by atoms with E-state index in [4.69, 9.17) is 0 Å². The topological polar surface area (TPSA) is 35.2 Å². The first-order valence-electron chi connectivity index (χ1n) is 8.56. The predicted molar refractivity (Wildman–Crippen MR) is 80.8 cm³/mol. The second-order valence-corrected chi connectivity index (χ2v) is 6.65. The van der Waals surface area contributed by atoms with Gasteiger partial charge in [0.1, 0.15) is 6.61 Å². The van der Waals surface area contributed by atoms with E-state index in [9.17, 15) is 57.1 Å². The van der Waals surface area contributed by atoms with Gasteiger partial charge in [0.05, 0.1) is 19.0 Å². The minimum absolute atomic E-state index is 0.179. The van der Waals surface area contributed by atoms with Crippen molar-refractivity contribution in [3.63, 3.8) is 0 Å². The van der Waals surface area contributed by atoms with Crippen molar-refractivity contribution < 1.29 is 66.8 Å². The molecule has 0 aliphatic rings. The van der Waals surface area contributed by atoms with E-state index in [0.29, 0.717) is 6.42 Å². The lowest BCUT2D eigenvalue weighted by molar-refractivity contribution is -0.470. The van der Waals surface area contributed by atoms with Crippen LogP contribution in [0.2, 0.25) is 0 Å². The van der Waals surface area contributed by atoms with Crippen LogP contribution in [0.4, 0.5) is 57.1 Å². The van der Waals surface area contributed by atoms with Gasteiger partial charge in [0.2, 0.25) is 0 Å². The SMILES string of the molecule is CCC[NH+]=C(NC(C)C)OCCC(F)(F)C(F)(F)C(F)(F)C(F)(F)C(F)(F)C(F)(F)F. The van der Waals surface area contributed by atoms with Gasteiger partial charge in [0.25, 0.3) is 0 Å². The average Bonchev–Trinajstić information content (AvgIpc) is 2.57. The summed E-state index contributed by atoms with van der Waals surface area (Å²) in [5.74, 6) is -36.9. The highest BCUT2D eigenvalue weighted by molar-refractivity contribution is 5.67. The summed E-state index contributed by atoms with van der Waals surface area (Å²) in [6.07, 6.45) is -9.37. The molecule has 0 heterocycles. The van der Waals surface area contributed by atoms with Crippen LogP contribution in [0.3, 0.4) is 0 Å². The van der Waals surface area contributed by atoms with Crippen molar-refractivity contribution in [3.05, 3.63) is 0 Å². The smallest absolute Gasteiger partial charge is 0.431 e. The zero-order valence-electron chi connectivity index (χ0n) is 16.2. The number of hydrogen-bond donors (Lipinski definition) is 2. The summed E-state index contributed by atoms with van der Waals surface area (Å²) < 4.78 is 174. The van der Waals surface area contributed by atoms with E-state index >= 15 is 0 Å². The summed E-state index contributed by atoms with van der Waals surface area (Å²) in [5, 5.41) is 2.49. The highest BCUT2D eigenvalue weighted by Crippen LogP contribution is 2.60. The number of ether oxygens (including phenoxy) is 1. The van der Waals surface area contributed by atoms with E-state index in [1.54, 1.807) is 6.92 Å². The molecule has 186 valence electrons. The third-order valence-corrected chi connectivity index (χ3v) is 3.62. The molecule has 16 heteroatoms. The minimum Gasteiger partial charge on any atom is -0.431 e. The summed E-state index contributed by atoms with van der Waals surface area (Å²) >= 11 is 0. The van der Waals surface area contributed by atoms with Gasteiger partial charge in [0, 0.05) is 0 Å². The van der Waals surface area contributed by atoms with Crippen LogP contribution in [0.15, 0.2) is 0 Å². The summed E-state index contributed by atoms with van der Waals surface area (Å²) in [6.45, 7) is 3.39. The largest absolute Gasteiger partial charge is 0.460 e. The van der Waals surface area contributed by atoms with Gasteiger partial charge >= 0.3 is 41.8 Å². The fourth-order valence-corrected chi connectivity index (χ4v) is 1.88. The molecule has 0 saturated heterocycles. The zero-order chi connectivity index (χ0) is 25.1. The number of nitrogens with one attached hydrogen (secondary N) is 2. The standard InChI is InChI=1S/C15H19F13N2O/c1-4-6-29-9(30-8(2)3)31-7-5-10(16,17)11(18,19)12(20,21)13(22,23)14(24,25)15(26,27)28/h8H,4-7H2,1-3H3,(H,29,30)/p+1. The van der Waals surface area contributed by atoms with Gasteiger partial charge in [-0.15, -0.1) is 0 Å². The summed E-state index contributed by atoms with van der Waals surface area (Å²) in [4.78, 5) is 2.48.